The molecular weight excluding hydrogens is 284 g/mol. The molecule has 2 N–H and O–H groups in total. The highest BCUT2D eigenvalue weighted by Gasteiger charge is 2.21. The summed E-state index contributed by atoms with van der Waals surface area (Å²) in [6.07, 6.45) is 6.57. The molecule has 0 atom stereocenters. The highest BCUT2D eigenvalue weighted by Crippen LogP contribution is 2.26. The number of hydrogen-bond donors (Lipinski definition) is 2. The first-order valence-corrected chi connectivity index (χ1v) is 8.58. The number of carbonyl (C=O) groups excluding carboxylic acids is 2. The van der Waals surface area contributed by atoms with Crippen molar-refractivity contribution in [2.45, 2.75) is 43.9 Å². The molecule has 5 heteroatoms. The molecule has 1 aromatic rings. The van der Waals surface area contributed by atoms with E-state index in [1.165, 1.54) is 19.8 Å². The van der Waals surface area contributed by atoms with Crippen LogP contribution < -0.4 is 10.6 Å². The van der Waals surface area contributed by atoms with Gasteiger partial charge in [-0.05, 0) is 63.1 Å². The van der Waals surface area contributed by atoms with Crippen LogP contribution >= 0.6 is 11.8 Å². The Morgan fingerprint density at radius 1 is 1.10 bits per heavy atom. The molecule has 0 radical (unpaired) electrons. The Bertz CT molecular complexity index is 494. The Balaban J connectivity index is 1.80. The second-order valence-corrected chi connectivity index (χ2v) is 6.58. The van der Waals surface area contributed by atoms with Crippen molar-refractivity contribution in [3.05, 3.63) is 29.8 Å². The van der Waals surface area contributed by atoms with E-state index in [9.17, 15) is 9.59 Å². The van der Waals surface area contributed by atoms with Crippen LogP contribution in [0.1, 0.15) is 43.0 Å². The van der Waals surface area contributed by atoms with Gasteiger partial charge in [0.1, 0.15) is 0 Å². The van der Waals surface area contributed by atoms with Gasteiger partial charge in [-0.15, -0.1) is 0 Å². The van der Waals surface area contributed by atoms with Crippen LogP contribution in [-0.2, 0) is 0 Å². The fraction of sp³-hybridized carbons (Fsp3) is 0.500. The van der Waals surface area contributed by atoms with Crippen molar-refractivity contribution >= 4 is 29.3 Å². The van der Waals surface area contributed by atoms with Gasteiger partial charge in [-0.2, -0.15) is 11.8 Å². The largest absolute Gasteiger partial charge is 0.335 e. The molecule has 0 aliphatic heterocycles. The number of amides is 2. The molecule has 114 valence electrons. The maximum Gasteiger partial charge on any atom is 0.319 e. The average molecular weight is 306 g/mol. The molecule has 0 aromatic heterocycles. The number of thioether (sulfide) groups is 1. The fourth-order valence-corrected chi connectivity index (χ4v) is 3.33. The van der Waals surface area contributed by atoms with Gasteiger partial charge in [-0.3, -0.25) is 4.79 Å². The van der Waals surface area contributed by atoms with Gasteiger partial charge in [-0.1, -0.05) is 0 Å². The topological polar surface area (TPSA) is 58.2 Å². The van der Waals surface area contributed by atoms with Gasteiger partial charge >= 0.3 is 6.03 Å². The number of carbonyl (C=O) groups is 2. The van der Waals surface area contributed by atoms with Gasteiger partial charge in [-0.25, -0.2) is 4.79 Å². The summed E-state index contributed by atoms with van der Waals surface area (Å²) in [5, 5.41) is 6.58. The summed E-state index contributed by atoms with van der Waals surface area (Å²) in [4.78, 5) is 23.1. The summed E-state index contributed by atoms with van der Waals surface area (Å²) < 4.78 is 0. The van der Waals surface area contributed by atoms with Crippen LogP contribution in [0.15, 0.2) is 24.3 Å². The molecule has 0 spiro atoms. The second-order valence-electron chi connectivity index (χ2n) is 5.44. The van der Waals surface area contributed by atoms with E-state index in [4.69, 9.17) is 0 Å². The summed E-state index contributed by atoms with van der Waals surface area (Å²) in [5.41, 5.74) is 1.35. The van der Waals surface area contributed by atoms with Crippen LogP contribution in [0, 0.1) is 0 Å². The first-order chi connectivity index (χ1) is 10.1. The Labute approximate surface area is 130 Å². The van der Waals surface area contributed by atoms with Gasteiger partial charge in [0.2, 0.25) is 0 Å². The van der Waals surface area contributed by atoms with E-state index in [2.05, 4.69) is 16.9 Å². The van der Waals surface area contributed by atoms with Gasteiger partial charge in [0.05, 0.1) is 0 Å². The van der Waals surface area contributed by atoms with Crippen molar-refractivity contribution in [2.24, 2.45) is 0 Å². The number of benzene rings is 1. The number of urea groups is 1. The molecule has 1 saturated carbocycles. The van der Waals surface area contributed by atoms with Crippen molar-refractivity contribution in [1.29, 1.82) is 0 Å². The van der Waals surface area contributed by atoms with Crippen LogP contribution in [0.2, 0.25) is 0 Å². The zero-order chi connectivity index (χ0) is 15.2. The van der Waals surface area contributed by atoms with E-state index < -0.39 is 0 Å². The number of hydrogen-bond acceptors (Lipinski definition) is 3. The number of anilines is 1. The quantitative estimate of drug-likeness (QED) is 0.834. The third-order valence-corrected chi connectivity index (χ3v) is 5.03. The minimum absolute atomic E-state index is 0.0246. The van der Waals surface area contributed by atoms with Crippen LogP contribution in [0.5, 0.6) is 0 Å². The molecule has 2 amide bonds. The van der Waals surface area contributed by atoms with E-state index in [1.807, 2.05) is 11.8 Å². The lowest BCUT2D eigenvalue weighted by Crippen LogP contribution is -2.40. The molecule has 0 heterocycles. The lowest BCUT2D eigenvalue weighted by molar-refractivity contribution is 0.101. The van der Waals surface area contributed by atoms with E-state index in [0.717, 1.165) is 18.1 Å². The number of nitrogens with one attached hydrogen (secondary N) is 2. The van der Waals surface area contributed by atoms with Crippen molar-refractivity contribution in [1.82, 2.24) is 5.32 Å². The first kappa shape index (κ1) is 15.9. The molecule has 1 aliphatic rings. The zero-order valence-corrected chi connectivity index (χ0v) is 13.3. The molecular formula is C16H22N2O2S. The third kappa shape index (κ3) is 4.77. The van der Waals surface area contributed by atoms with E-state index in [0.29, 0.717) is 11.3 Å². The third-order valence-electron chi connectivity index (χ3n) is 3.89. The molecule has 0 bridgehead atoms. The maximum absolute atomic E-state index is 12.0. The van der Waals surface area contributed by atoms with Gasteiger partial charge in [0.25, 0.3) is 0 Å². The first-order valence-electron chi connectivity index (χ1n) is 7.30. The standard InChI is InChI=1S/C16H22N2O2S/c1-11(19)12-3-5-13(6-4-12)17-16(20)18-14-7-9-15(21-2)10-8-14/h3-6,14-15H,7-10H2,1-2H3,(H2,17,18,20). The Morgan fingerprint density at radius 3 is 2.24 bits per heavy atom. The summed E-state index contributed by atoms with van der Waals surface area (Å²) in [5.74, 6) is 0.0246. The van der Waals surface area contributed by atoms with E-state index in [1.54, 1.807) is 24.3 Å². The number of ketones is 1. The smallest absolute Gasteiger partial charge is 0.319 e. The van der Waals surface area contributed by atoms with Crippen LogP contribution in [-0.4, -0.2) is 29.4 Å². The second kappa shape index (κ2) is 7.50. The highest BCUT2D eigenvalue weighted by atomic mass is 32.2. The average Bonchev–Trinajstić information content (AvgIpc) is 2.48. The van der Waals surface area contributed by atoms with E-state index >= 15 is 0 Å². The van der Waals surface area contributed by atoms with Gasteiger partial charge in [0.15, 0.2) is 5.78 Å². The lowest BCUT2D eigenvalue weighted by Gasteiger charge is -2.28. The Hall–Kier alpha value is -1.49. The molecule has 0 unspecified atom stereocenters. The van der Waals surface area contributed by atoms with Crippen molar-refractivity contribution < 1.29 is 9.59 Å². The Kier molecular flexibility index (Phi) is 5.67. The van der Waals surface area contributed by atoms with Crippen LogP contribution in [0.4, 0.5) is 10.5 Å². The molecule has 1 fully saturated rings. The number of Topliss-reactive ketones (excluding diaryl/α,β-unsaturated/α-hetero) is 1. The molecule has 1 aromatic carbocycles. The predicted molar refractivity (Wildman–Crippen MR) is 88.2 cm³/mol. The van der Waals surface area contributed by atoms with Crippen molar-refractivity contribution in [3.63, 3.8) is 0 Å². The fourth-order valence-electron chi connectivity index (χ4n) is 2.58. The maximum atomic E-state index is 12.0. The molecule has 0 saturated heterocycles. The zero-order valence-electron chi connectivity index (χ0n) is 12.5. The van der Waals surface area contributed by atoms with E-state index in [-0.39, 0.29) is 17.9 Å². The van der Waals surface area contributed by atoms with Crippen LogP contribution in [0.3, 0.4) is 0 Å². The minimum atomic E-state index is -0.168. The minimum Gasteiger partial charge on any atom is -0.335 e. The molecule has 21 heavy (non-hydrogen) atoms. The molecule has 4 nitrogen and oxygen atoms in total. The molecule has 1 aliphatic carbocycles. The number of rotatable bonds is 4. The highest BCUT2D eigenvalue weighted by molar-refractivity contribution is 7.99. The van der Waals surface area contributed by atoms with Gasteiger partial charge in [0, 0.05) is 22.5 Å². The normalized spacial score (nSPS) is 21.6. The van der Waals surface area contributed by atoms with Crippen molar-refractivity contribution in [3.8, 4) is 0 Å². The summed E-state index contributed by atoms with van der Waals surface area (Å²) in [7, 11) is 0. The summed E-state index contributed by atoms with van der Waals surface area (Å²) in [6.45, 7) is 1.53. The SMILES string of the molecule is CSC1CCC(NC(=O)Nc2ccc(C(C)=O)cc2)CC1. The summed E-state index contributed by atoms with van der Waals surface area (Å²) >= 11 is 1.92. The monoisotopic (exact) mass is 306 g/mol. The molecule has 2 rings (SSSR count). The lowest BCUT2D eigenvalue weighted by atomic mass is 9.95. The van der Waals surface area contributed by atoms with Gasteiger partial charge < -0.3 is 10.6 Å². The van der Waals surface area contributed by atoms with Crippen LogP contribution in [0.25, 0.3) is 0 Å². The predicted octanol–water partition coefficient (Wildman–Crippen LogP) is 3.68. The summed E-state index contributed by atoms with van der Waals surface area (Å²) in [6, 6.07) is 7.05. The Morgan fingerprint density at radius 2 is 1.71 bits per heavy atom. The van der Waals surface area contributed by atoms with Crippen molar-refractivity contribution in [2.75, 3.05) is 11.6 Å².